The molecule has 114 valence electrons. The standard InChI is InChI=1S/C14H16O7/c15-8-11(17)13(19)14(20,21)12(18)10(16)7-6-9-4-2-1-3-5-9/h1-7,11,13,15,17,19-21H,8H2/t11-,13-/m1/s1. The maximum absolute atomic E-state index is 11.6. The second-order valence-electron chi connectivity index (χ2n) is 4.36. The Hall–Kier alpha value is -1.90. The summed E-state index contributed by atoms with van der Waals surface area (Å²) in [6, 6.07) is 8.47. The molecule has 0 fully saturated rings. The predicted molar refractivity (Wildman–Crippen MR) is 71.8 cm³/mol. The van der Waals surface area contributed by atoms with Gasteiger partial charge < -0.3 is 25.5 Å². The molecule has 0 radical (unpaired) electrons. The Bertz CT molecular complexity index is 521. The fourth-order valence-corrected chi connectivity index (χ4v) is 1.50. The van der Waals surface area contributed by atoms with E-state index in [0.29, 0.717) is 5.56 Å². The Morgan fingerprint density at radius 1 is 1.14 bits per heavy atom. The Balaban J connectivity index is 2.82. The molecule has 0 aromatic heterocycles. The number of aliphatic hydroxyl groups is 5. The molecule has 7 heteroatoms. The van der Waals surface area contributed by atoms with Crippen LogP contribution in [0.1, 0.15) is 5.56 Å². The highest BCUT2D eigenvalue weighted by Gasteiger charge is 2.47. The van der Waals surface area contributed by atoms with E-state index in [9.17, 15) is 24.9 Å². The SMILES string of the molecule is O=C(C=Cc1ccccc1)C(=O)C(O)(O)[C@H](O)[C@H](O)CO. The number of carbonyl (C=O) groups is 2. The van der Waals surface area contributed by atoms with Crippen LogP contribution in [0.5, 0.6) is 0 Å². The van der Waals surface area contributed by atoms with Crippen molar-refractivity contribution in [1.29, 1.82) is 0 Å². The molecule has 1 aromatic rings. The van der Waals surface area contributed by atoms with Crippen LogP contribution < -0.4 is 0 Å². The molecule has 7 nitrogen and oxygen atoms in total. The highest BCUT2D eigenvalue weighted by atomic mass is 16.5. The van der Waals surface area contributed by atoms with Gasteiger partial charge in [0.05, 0.1) is 6.61 Å². The fraction of sp³-hybridized carbons (Fsp3) is 0.286. The quantitative estimate of drug-likeness (QED) is 0.228. The van der Waals surface area contributed by atoms with Crippen LogP contribution >= 0.6 is 0 Å². The van der Waals surface area contributed by atoms with E-state index in [0.717, 1.165) is 6.08 Å². The van der Waals surface area contributed by atoms with Gasteiger partial charge in [0.25, 0.3) is 11.6 Å². The molecule has 0 bridgehead atoms. The van der Waals surface area contributed by atoms with E-state index in [4.69, 9.17) is 10.2 Å². The van der Waals surface area contributed by atoms with Gasteiger partial charge in [-0.25, -0.2) is 0 Å². The second kappa shape index (κ2) is 7.21. The summed E-state index contributed by atoms with van der Waals surface area (Å²) in [5, 5.41) is 45.9. The normalized spacial score (nSPS) is 14.9. The van der Waals surface area contributed by atoms with Crippen molar-refractivity contribution in [2.75, 3.05) is 6.61 Å². The molecule has 1 rings (SSSR count). The van der Waals surface area contributed by atoms with Gasteiger partial charge in [-0.1, -0.05) is 36.4 Å². The smallest absolute Gasteiger partial charge is 0.264 e. The zero-order valence-electron chi connectivity index (χ0n) is 11.0. The molecule has 0 aliphatic rings. The molecule has 0 saturated heterocycles. The second-order valence-corrected chi connectivity index (χ2v) is 4.36. The fourth-order valence-electron chi connectivity index (χ4n) is 1.50. The highest BCUT2D eigenvalue weighted by Crippen LogP contribution is 2.13. The average molecular weight is 296 g/mol. The van der Waals surface area contributed by atoms with Crippen molar-refractivity contribution in [2.24, 2.45) is 0 Å². The van der Waals surface area contributed by atoms with E-state index in [-0.39, 0.29) is 0 Å². The molecule has 21 heavy (non-hydrogen) atoms. The first-order valence-electron chi connectivity index (χ1n) is 6.04. The lowest BCUT2D eigenvalue weighted by molar-refractivity contribution is -0.237. The molecule has 0 saturated carbocycles. The minimum absolute atomic E-state index is 0.607. The van der Waals surface area contributed by atoms with Gasteiger partial charge in [-0.3, -0.25) is 9.59 Å². The number of rotatable bonds is 7. The maximum Gasteiger partial charge on any atom is 0.264 e. The summed E-state index contributed by atoms with van der Waals surface area (Å²) in [6.07, 6.45) is -2.29. The van der Waals surface area contributed by atoms with Crippen LogP contribution in [0.25, 0.3) is 6.08 Å². The topological polar surface area (TPSA) is 135 Å². The monoisotopic (exact) mass is 296 g/mol. The summed E-state index contributed by atoms with van der Waals surface area (Å²) in [6.45, 7) is -1.01. The molecule has 0 amide bonds. The third-order valence-electron chi connectivity index (χ3n) is 2.75. The van der Waals surface area contributed by atoms with E-state index >= 15 is 0 Å². The lowest BCUT2D eigenvalue weighted by atomic mass is 9.97. The van der Waals surface area contributed by atoms with Gasteiger partial charge in [-0.15, -0.1) is 0 Å². The number of hydrogen-bond donors (Lipinski definition) is 5. The maximum atomic E-state index is 11.6. The molecular weight excluding hydrogens is 280 g/mol. The Labute approximate surface area is 120 Å². The zero-order valence-corrected chi connectivity index (χ0v) is 11.0. The third kappa shape index (κ3) is 4.28. The van der Waals surface area contributed by atoms with E-state index in [1.165, 1.54) is 6.08 Å². The van der Waals surface area contributed by atoms with Crippen LogP contribution in [-0.4, -0.2) is 61.7 Å². The Kier molecular flexibility index (Phi) is 5.89. The summed E-state index contributed by atoms with van der Waals surface area (Å²) < 4.78 is 0. The van der Waals surface area contributed by atoms with E-state index in [1.54, 1.807) is 30.3 Å². The van der Waals surface area contributed by atoms with Crippen LogP contribution in [0.2, 0.25) is 0 Å². The first kappa shape index (κ1) is 17.2. The number of Topliss-reactive ketones (excluding diaryl/α,β-unsaturated/α-hetero) is 1. The Morgan fingerprint density at radius 3 is 2.24 bits per heavy atom. The summed E-state index contributed by atoms with van der Waals surface area (Å²) in [4.78, 5) is 23.2. The van der Waals surface area contributed by atoms with E-state index in [2.05, 4.69) is 0 Å². The molecule has 1 aromatic carbocycles. The van der Waals surface area contributed by atoms with Crippen LogP contribution in [0, 0.1) is 0 Å². The van der Waals surface area contributed by atoms with E-state index < -0.39 is 36.2 Å². The van der Waals surface area contributed by atoms with Crippen molar-refractivity contribution in [2.45, 2.75) is 18.0 Å². The van der Waals surface area contributed by atoms with Crippen LogP contribution in [-0.2, 0) is 9.59 Å². The summed E-state index contributed by atoms with van der Waals surface area (Å²) in [5.74, 6) is -6.47. The van der Waals surface area contributed by atoms with Gasteiger partial charge in [0, 0.05) is 0 Å². The van der Waals surface area contributed by atoms with Crippen molar-refractivity contribution < 1.29 is 35.1 Å². The van der Waals surface area contributed by atoms with Gasteiger partial charge in [-0.2, -0.15) is 0 Å². The minimum Gasteiger partial charge on any atom is -0.394 e. The van der Waals surface area contributed by atoms with Crippen molar-refractivity contribution in [3.8, 4) is 0 Å². The van der Waals surface area contributed by atoms with Crippen LogP contribution in [0.15, 0.2) is 36.4 Å². The van der Waals surface area contributed by atoms with Crippen LogP contribution in [0.3, 0.4) is 0 Å². The zero-order chi connectivity index (χ0) is 16.0. The summed E-state index contributed by atoms with van der Waals surface area (Å²) >= 11 is 0. The number of ketones is 2. The predicted octanol–water partition coefficient (Wildman–Crippen LogP) is -1.77. The number of allylic oxidation sites excluding steroid dienone is 1. The number of aliphatic hydroxyl groups excluding tert-OH is 3. The molecule has 0 unspecified atom stereocenters. The lowest BCUT2D eigenvalue weighted by Crippen LogP contribution is -2.57. The molecule has 0 spiro atoms. The largest absolute Gasteiger partial charge is 0.394 e. The van der Waals surface area contributed by atoms with E-state index in [1.807, 2.05) is 0 Å². The van der Waals surface area contributed by atoms with Crippen molar-refractivity contribution in [3.05, 3.63) is 42.0 Å². The molecular formula is C14H16O7. The van der Waals surface area contributed by atoms with Crippen molar-refractivity contribution in [1.82, 2.24) is 0 Å². The Morgan fingerprint density at radius 2 is 1.71 bits per heavy atom. The van der Waals surface area contributed by atoms with Crippen LogP contribution in [0.4, 0.5) is 0 Å². The molecule has 0 aliphatic carbocycles. The van der Waals surface area contributed by atoms with Crippen molar-refractivity contribution in [3.63, 3.8) is 0 Å². The highest BCUT2D eigenvalue weighted by molar-refractivity contribution is 6.44. The first-order valence-corrected chi connectivity index (χ1v) is 6.04. The van der Waals surface area contributed by atoms with Crippen molar-refractivity contribution >= 4 is 17.6 Å². The third-order valence-corrected chi connectivity index (χ3v) is 2.75. The average Bonchev–Trinajstić information content (AvgIpc) is 2.51. The van der Waals surface area contributed by atoms with Gasteiger partial charge >= 0.3 is 0 Å². The van der Waals surface area contributed by atoms with Gasteiger partial charge in [0.2, 0.25) is 5.78 Å². The molecule has 0 heterocycles. The van der Waals surface area contributed by atoms with Gasteiger partial charge in [0.1, 0.15) is 12.2 Å². The number of benzene rings is 1. The van der Waals surface area contributed by atoms with Gasteiger partial charge in [0.15, 0.2) is 0 Å². The van der Waals surface area contributed by atoms with Gasteiger partial charge in [-0.05, 0) is 11.6 Å². The number of hydrogen-bond acceptors (Lipinski definition) is 7. The lowest BCUT2D eigenvalue weighted by Gasteiger charge is -2.27. The molecule has 2 atom stereocenters. The summed E-state index contributed by atoms with van der Waals surface area (Å²) in [7, 11) is 0. The minimum atomic E-state index is -3.49. The molecule has 0 aliphatic heterocycles. The summed E-state index contributed by atoms with van der Waals surface area (Å²) in [5.41, 5.74) is 0.607. The first-order chi connectivity index (χ1) is 9.80. The number of carbonyl (C=O) groups excluding carboxylic acids is 2. The molecule has 5 N–H and O–H groups in total.